The summed E-state index contributed by atoms with van der Waals surface area (Å²) in [7, 11) is 0. The minimum absolute atomic E-state index is 0.0827. The van der Waals surface area contributed by atoms with Crippen LogP contribution in [0.25, 0.3) is 11.0 Å². The van der Waals surface area contributed by atoms with Gasteiger partial charge in [-0.05, 0) is 18.2 Å². The van der Waals surface area contributed by atoms with Gasteiger partial charge in [0, 0.05) is 17.5 Å². The molecule has 2 aromatic heterocycles. The van der Waals surface area contributed by atoms with E-state index in [1.807, 2.05) is 11.5 Å². The summed E-state index contributed by atoms with van der Waals surface area (Å²) in [6, 6.07) is 4.90. The van der Waals surface area contributed by atoms with Crippen molar-refractivity contribution in [1.82, 2.24) is 14.5 Å². The number of aryl methyl sites for hydroxylation is 1. The second-order valence-electron chi connectivity index (χ2n) is 4.65. The standard InChI is InChI=1S/C14H13N3O3S/c1-2-12-16-10-5-8(13(18)19)3-4-11(10)17(12)6-9-7-21-14(20)15-9/h3-5,7H,2,6H2,1H3,(H,15,20)(H,18,19). The van der Waals surface area contributed by atoms with Crippen LogP contribution in [0.1, 0.15) is 28.8 Å². The van der Waals surface area contributed by atoms with Crippen LogP contribution in [0, 0.1) is 0 Å². The quantitative estimate of drug-likeness (QED) is 0.772. The van der Waals surface area contributed by atoms with Crippen molar-refractivity contribution in [3.8, 4) is 0 Å². The van der Waals surface area contributed by atoms with Crippen LogP contribution in [-0.4, -0.2) is 25.6 Å². The molecule has 6 nitrogen and oxygen atoms in total. The summed E-state index contributed by atoms with van der Waals surface area (Å²) in [5, 5.41) is 10.8. The first-order valence-electron chi connectivity index (χ1n) is 6.47. The maximum atomic E-state index is 11.2. The van der Waals surface area contributed by atoms with Crippen LogP contribution >= 0.6 is 11.3 Å². The van der Waals surface area contributed by atoms with E-state index in [9.17, 15) is 9.59 Å². The van der Waals surface area contributed by atoms with Gasteiger partial charge < -0.3 is 14.7 Å². The van der Waals surface area contributed by atoms with Gasteiger partial charge >= 0.3 is 10.8 Å². The lowest BCUT2D eigenvalue weighted by Gasteiger charge is -2.06. The Morgan fingerprint density at radius 2 is 2.29 bits per heavy atom. The molecule has 7 heteroatoms. The van der Waals surface area contributed by atoms with Gasteiger partial charge in [-0.15, -0.1) is 0 Å². The molecular formula is C14H13N3O3S. The Balaban J connectivity index is 2.11. The molecule has 2 heterocycles. The number of H-pyrrole nitrogens is 1. The van der Waals surface area contributed by atoms with Crippen molar-refractivity contribution in [2.75, 3.05) is 0 Å². The fourth-order valence-electron chi connectivity index (χ4n) is 2.32. The number of nitrogens with one attached hydrogen (secondary N) is 1. The monoisotopic (exact) mass is 303 g/mol. The molecule has 21 heavy (non-hydrogen) atoms. The summed E-state index contributed by atoms with van der Waals surface area (Å²) >= 11 is 1.13. The van der Waals surface area contributed by atoms with Gasteiger partial charge in [-0.25, -0.2) is 9.78 Å². The number of hydrogen-bond donors (Lipinski definition) is 2. The van der Waals surface area contributed by atoms with Gasteiger partial charge in [0.2, 0.25) is 0 Å². The lowest BCUT2D eigenvalue weighted by molar-refractivity contribution is 0.0697. The number of carboxylic acids is 1. The average Bonchev–Trinajstić information content (AvgIpc) is 3.02. The number of rotatable bonds is 4. The zero-order chi connectivity index (χ0) is 15.0. The smallest absolute Gasteiger partial charge is 0.335 e. The number of carbonyl (C=O) groups is 1. The van der Waals surface area contributed by atoms with Gasteiger partial charge in [0.25, 0.3) is 0 Å². The predicted molar refractivity (Wildman–Crippen MR) is 80.1 cm³/mol. The molecule has 0 saturated carbocycles. The molecule has 0 bridgehead atoms. The van der Waals surface area contributed by atoms with E-state index in [1.165, 1.54) is 0 Å². The van der Waals surface area contributed by atoms with Gasteiger partial charge in [-0.3, -0.25) is 4.79 Å². The molecule has 0 aliphatic carbocycles. The number of aromatic amines is 1. The molecule has 0 aliphatic heterocycles. The Morgan fingerprint density at radius 3 is 2.90 bits per heavy atom. The summed E-state index contributed by atoms with van der Waals surface area (Å²) in [6.07, 6.45) is 0.728. The fraction of sp³-hybridized carbons (Fsp3) is 0.214. The van der Waals surface area contributed by atoms with E-state index in [2.05, 4.69) is 9.97 Å². The molecule has 0 spiro atoms. The van der Waals surface area contributed by atoms with Crippen LogP contribution < -0.4 is 4.87 Å². The molecule has 0 fully saturated rings. The summed E-state index contributed by atoms with van der Waals surface area (Å²) in [5.74, 6) is -0.105. The number of hydrogen-bond acceptors (Lipinski definition) is 4. The second-order valence-corrected chi connectivity index (χ2v) is 5.49. The average molecular weight is 303 g/mol. The zero-order valence-electron chi connectivity index (χ0n) is 11.3. The van der Waals surface area contributed by atoms with Crippen LogP contribution in [0.3, 0.4) is 0 Å². The minimum Gasteiger partial charge on any atom is -0.478 e. The maximum absolute atomic E-state index is 11.2. The number of aromatic nitrogens is 3. The molecule has 108 valence electrons. The highest BCUT2D eigenvalue weighted by Gasteiger charge is 2.13. The Bertz CT molecular complexity index is 875. The van der Waals surface area contributed by atoms with E-state index in [4.69, 9.17) is 5.11 Å². The molecule has 0 aliphatic rings. The topological polar surface area (TPSA) is 88.0 Å². The van der Waals surface area contributed by atoms with Crippen molar-refractivity contribution in [3.05, 3.63) is 50.3 Å². The van der Waals surface area contributed by atoms with Gasteiger partial charge in [-0.2, -0.15) is 0 Å². The largest absolute Gasteiger partial charge is 0.478 e. The highest BCUT2D eigenvalue weighted by atomic mass is 32.1. The molecule has 3 aromatic rings. The third-order valence-electron chi connectivity index (χ3n) is 3.29. The summed E-state index contributed by atoms with van der Waals surface area (Å²) < 4.78 is 2.00. The van der Waals surface area contributed by atoms with Crippen LogP contribution in [0.2, 0.25) is 0 Å². The number of fused-ring (bicyclic) bond motifs is 1. The number of nitrogens with zero attached hydrogens (tertiary/aromatic N) is 2. The number of thiazole rings is 1. The SMILES string of the molecule is CCc1nc2cc(C(=O)O)ccc2n1Cc1csc(=O)[nH]1. The molecule has 1 aromatic carbocycles. The first kappa shape index (κ1) is 13.6. The Morgan fingerprint density at radius 1 is 1.48 bits per heavy atom. The maximum Gasteiger partial charge on any atom is 0.335 e. The summed E-state index contributed by atoms with van der Waals surface area (Å²) in [5.41, 5.74) is 2.56. The number of imidazole rings is 1. The highest BCUT2D eigenvalue weighted by molar-refractivity contribution is 7.07. The summed E-state index contributed by atoms with van der Waals surface area (Å²) in [4.78, 5) is 29.4. The van der Waals surface area contributed by atoms with Crippen molar-refractivity contribution >= 4 is 28.3 Å². The molecule has 0 saturated heterocycles. The van der Waals surface area contributed by atoms with Gasteiger partial charge in [0.05, 0.1) is 23.1 Å². The molecular weight excluding hydrogens is 290 g/mol. The van der Waals surface area contributed by atoms with Crippen molar-refractivity contribution < 1.29 is 9.90 Å². The normalized spacial score (nSPS) is 11.1. The summed E-state index contributed by atoms with van der Waals surface area (Å²) in [6.45, 7) is 2.51. The molecule has 0 radical (unpaired) electrons. The van der Waals surface area contributed by atoms with Crippen LogP contribution in [0.15, 0.2) is 28.4 Å². The Labute approximate surface area is 123 Å². The third kappa shape index (κ3) is 2.47. The van der Waals surface area contributed by atoms with Crippen LogP contribution in [-0.2, 0) is 13.0 Å². The molecule has 0 unspecified atom stereocenters. The first-order chi connectivity index (χ1) is 10.1. The van der Waals surface area contributed by atoms with E-state index in [1.54, 1.807) is 23.6 Å². The zero-order valence-corrected chi connectivity index (χ0v) is 12.1. The number of carboxylic acid groups (broad SMARTS) is 1. The molecule has 2 N–H and O–H groups in total. The van der Waals surface area contributed by atoms with E-state index in [0.29, 0.717) is 12.1 Å². The van der Waals surface area contributed by atoms with Gasteiger partial charge in [0.1, 0.15) is 5.82 Å². The minimum atomic E-state index is -0.966. The van der Waals surface area contributed by atoms with Crippen molar-refractivity contribution in [3.63, 3.8) is 0 Å². The van der Waals surface area contributed by atoms with Crippen LogP contribution in [0.4, 0.5) is 0 Å². The second kappa shape index (κ2) is 5.17. The molecule has 0 atom stereocenters. The van der Waals surface area contributed by atoms with E-state index in [0.717, 1.165) is 34.8 Å². The lowest BCUT2D eigenvalue weighted by Crippen LogP contribution is -2.06. The van der Waals surface area contributed by atoms with Crippen molar-refractivity contribution in [1.29, 1.82) is 0 Å². The lowest BCUT2D eigenvalue weighted by atomic mass is 10.2. The van der Waals surface area contributed by atoms with E-state index in [-0.39, 0.29) is 10.4 Å². The highest BCUT2D eigenvalue weighted by Crippen LogP contribution is 2.20. The van der Waals surface area contributed by atoms with Crippen LogP contribution in [0.5, 0.6) is 0 Å². The third-order valence-corrected chi connectivity index (χ3v) is 4.01. The first-order valence-corrected chi connectivity index (χ1v) is 7.35. The van der Waals surface area contributed by atoms with Crippen molar-refractivity contribution in [2.45, 2.75) is 19.9 Å². The predicted octanol–water partition coefficient (Wildman–Crippen LogP) is 2.10. The van der Waals surface area contributed by atoms with Gasteiger partial charge in [-0.1, -0.05) is 18.3 Å². The molecule has 0 amide bonds. The molecule has 3 rings (SSSR count). The van der Waals surface area contributed by atoms with Crippen molar-refractivity contribution in [2.24, 2.45) is 0 Å². The number of aromatic carboxylic acids is 1. The number of benzene rings is 1. The Hall–Kier alpha value is -2.41. The van der Waals surface area contributed by atoms with E-state index < -0.39 is 5.97 Å². The van der Waals surface area contributed by atoms with E-state index >= 15 is 0 Å². The van der Waals surface area contributed by atoms with Gasteiger partial charge in [0.15, 0.2) is 0 Å². The Kier molecular flexibility index (Phi) is 3.34. The fourth-order valence-corrected chi connectivity index (χ4v) is 2.89.